The van der Waals surface area contributed by atoms with Gasteiger partial charge in [-0.1, -0.05) is 0 Å². The van der Waals surface area contributed by atoms with Crippen LogP contribution < -0.4 is 20.1 Å². The van der Waals surface area contributed by atoms with Crippen LogP contribution in [0.1, 0.15) is 5.56 Å². The van der Waals surface area contributed by atoms with Gasteiger partial charge >= 0.3 is 12.0 Å². The number of benzene rings is 1. The average molecular weight is 298 g/mol. The lowest BCUT2D eigenvalue weighted by atomic mass is 10.2. The van der Waals surface area contributed by atoms with E-state index in [2.05, 4.69) is 10.6 Å². The molecule has 0 spiro atoms. The molecule has 0 aliphatic rings. The molecule has 8 heteroatoms. The standard InChI is InChI=1S/C13H18N2O6/c1-20-9-4-3-8(11(5-9)21-2)6-14-13(19)15-7-10(16)12(17)18/h3-5,10,16H,6-7H2,1-2H3,(H,17,18)(H2,14,15,19). The largest absolute Gasteiger partial charge is 0.497 e. The lowest BCUT2D eigenvalue weighted by Gasteiger charge is -2.12. The van der Waals surface area contributed by atoms with Gasteiger partial charge in [0.2, 0.25) is 0 Å². The maximum absolute atomic E-state index is 11.5. The number of methoxy groups -OCH3 is 2. The molecule has 0 aliphatic heterocycles. The van der Waals surface area contributed by atoms with Gasteiger partial charge in [0.15, 0.2) is 6.10 Å². The third-order valence-electron chi connectivity index (χ3n) is 2.67. The third kappa shape index (κ3) is 5.19. The quantitative estimate of drug-likeness (QED) is 0.560. The molecule has 4 N–H and O–H groups in total. The number of aliphatic hydroxyl groups excluding tert-OH is 1. The van der Waals surface area contributed by atoms with Gasteiger partial charge in [-0.2, -0.15) is 0 Å². The molecule has 1 aromatic carbocycles. The van der Waals surface area contributed by atoms with Gasteiger partial charge in [-0.25, -0.2) is 9.59 Å². The zero-order valence-electron chi connectivity index (χ0n) is 11.8. The van der Waals surface area contributed by atoms with Crippen LogP contribution in [0.5, 0.6) is 11.5 Å². The number of amides is 2. The van der Waals surface area contributed by atoms with Gasteiger partial charge in [0.1, 0.15) is 11.5 Å². The predicted molar refractivity (Wildman–Crippen MR) is 73.4 cm³/mol. The maximum Gasteiger partial charge on any atom is 0.334 e. The van der Waals surface area contributed by atoms with E-state index < -0.39 is 18.1 Å². The fourth-order valence-electron chi connectivity index (χ4n) is 1.51. The molecular formula is C13H18N2O6. The number of urea groups is 1. The summed E-state index contributed by atoms with van der Waals surface area (Å²) in [5.41, 5.74) is 0.729. The van der Waals surface area contributed by atoms with E-state index in [1.54, 1.807) is 18.2 Å². The van der Waals surface area contributed by atoms with Crippen molar-refractivity contribution in [3.8, 4) is 11.5 Å². The summed E-state index contributed by atoms with van der Waals surface area (Å²) in [4.78, 5) is 21.9. The zero-order valence-corrected chi connectivity index (χ0v) is 11.8. The Labute approximate surface area is 121 Å². The molecule has 0 aliphatic carbocycles. The number of aliphatic hydroxyl groups is 1. The van der Waals surface area contributed by atoms with E-state index in [9.17, 15) is 9.59 Å². The molecule has 0 saturated carbocycles. The Morgan fingerprint density at radius 1 is 1.24 bits per heavy atom. The van der Waals surface area contributed by atoms with E-state index >= 15 is 0 Å². The highest BCUT2D eigenvalue weighted by Gasteiger charge is 2.14. The first kappa shape index (κ1) is 16.6. The van der Waals surface area contributed by atoms with E-state index in [0.29, 0.717) is 11.5 Å². The lowest BCUT2D eigenvalue weighted by Crippen LogP contribution is -2.41. The highest BCUT2D eigenvalue weighted by Crippen LogP contribution is 2.24. The number of rotatable bonds is 7. The van der Waals surface area contributed by atoms with E-state index in [1.165, 1.54) is 14.2 Å². The second-order valence-corrected chi connectivity index (χ2v) is 4.10. The van der Waals surface area contributed by atoms with Crippen LogP contribution in [0.25, 0.3) is 0 Å². The Morgan fingerprint density at radius 2 is 1.95 bits per heavy atom. The molecule has 1 atom stereocenters. The smallest absolute Gasteiger partial charge is 0.334 e. The fourth-order valence-corrected chi connectivity index (χ4v) is 1.51. The highest BCUT2D eigenvalue weighted by atomic mass is 16.5. The molecule has 0 fully saturated rings. The Bertz CT molecular complexity index is 505. The van der Waals surface area contributed by atoms with Crippen LogP contribution in [-0.4, -0.2) is 49.1 Å². The second kappa shape index (κ2) is 7.95. The summed E-state index contributed by atoms with van der Waals surface area (Å²) in [6.45, 7) is -0.191. The topological polar surface area (TPSA) is 117 Å². The first-order valence-corrected chi connectivity index (χ1v) is 6.11. The number of hydrogen-bond donors (Lipinski definition) is 4. The first-order valence-electron chi connectivity index (χ1n) is 6.11. The SMILES string of the molecule is COc1ccc(CNC(=O)NCC(O)C(=O)O)c(OC)c1. The summed E-state index contributed by atoms with van der Waals surface area (Å²) in [7, 11) is 3.04. The molecule has 116 valence electrons. The van der Waals surface area contributed by atoms with E-state index in [0.717, 1.165) is 5.56 Å². The molecule has 0 heterocycles. The van der Waals surface area contributed by atoms with Gasteiger partial charge in [-0.15, -0.1) is 0 Å². The van der Waals surface area contributed by atoms with Crippen LogP contribution in [-0.2, 0) is 11.3 Å². The van der Waals surface area contributed by atoms with Crippen molar-refractivity contribution < 1.29 is 29.3 Å². The van der Waals surface area contributed by atoms with Gasteiger partial charge in [-0.05, 0) is 12.1 Å². The summed E-state index contributed by atoms with van der Waals surface area (Å²) in [5, 5.41) is 22.3. The van der Waals surface area contributed by atoms with Crippen molar-refractivity contribution in [1.82, 2.24) is 10.6 Å². The molecule has 2 amide bonds. The van der Waals surface area contributed by atoms with Crippen LogP contribution in [0.4, 0.5) is 4.79 Å². The minimum Gasteiger partial charge on any atom is -0.497 e. The average Bonchev–Trinajstić information content (AvgIpc) is 2.49. The van der Waals surface area contributed by atoms with Crippen molar-refractivity contribution in [2.24, 2.45) is 0 Å². The number of carboxylic acids is 1. The minimum atomic E-state index is -1.63. The monoisotopic (exact) mass is 298 g/mol. The van der Waals surface area contributed by atoms with Crippen molar-refractivity contribution >= 4 is 12.0 Å². The van der Waals surface area contributed by atoms with Gasteiger partial charge in [-0.3, -0.25) is 0 Å². The molecule has 0 radical (unpaired) electrons. The third-order valence-corrected chi connectivity index (χ3v) is 2.67. The first-order chi connectivity index (χ1) is 9.97. The number of nitrogens with one attached hydrogen (secondary N) is 2. The number of ether oxygens (including phenoxy) is 2. The van der Waals surface area contributed by atoms with E-state index in [4.69, 9.17) is 19.7 Å². The van der Waals surface area contributed by atoms with Crippen molar-refractivity contribution in [2.75, 3.05) is 20.8 Å². The number of hydrogen-bond acceptors (Lipinski definition) is 5. The number of carboxylic acid groups (broad SMARTS) is 1. The van der Waals surface area contributed by atoms with Crippen LogP contribution in [0.15, 0.2) is 18.2 Å². The normalized spacial score (nSPS) is 11.4. The van der Waals surface area contributed by atoms with Crippen molar-refractivity contribution in [3.63, 3.8) is 0 Å². The van der Waals surface area contributed by atoms with Gasteiger partial charge in [0.05, 0.1) is 20.8 Å². The van der Waals surface area contributed by atoms with Crippen LogP contribution >= 0.6 is 0 Å². The van der Waals surface area contributed by atoms with Crippen molar-refractivity contribution in [1.29, 1.82) is 0 Å². The Kier molecular flexibility index (Phi) is 6.28. The number of carbonyl (C=O) groups excluding carboxylic acids is 1. The maximum atomic E-state index is 11.5. The molecule has 1 unspecified atom stereocenters. The molecule has 1 rings (SSSR count). The molecule has 0 aromatic heterocycles. The molecular weight excluding hydrogens is 280 g/mol. The summed E-state index contributed by atoms with van der Waals surface area (Å²) in [5.74, 6) is -0.211. The van der Waals surface area contributed by atoms with Gasteiger partial charge < -0.3 is 30.3 Å². The molecule has 1 aromatic rings. The van der Waals surface area contributed by atoms with Gasteiger partial charge in [0.25, 0.3) is 0 Å². The Balaban J connectivity index is 2.51. The Hall–Kier alpha value is -2.48. The fraction of sp³-hybridized carbons (Fsp3) is 0.385. The summed E-state index contributed by atoms with van der Waals surface area (Å²) in [6.07, 6.45) is -1.63. The zero-order chi connectivity index (χ0) is 15.8. The minimum absolute atomic E-state index is 0.183. The molecule has 0 saturated heterocycles. The Morgan fingerprint density at radius 3 is 2.52 bits per heavy atom. The van der Waals surface area contributed by atoms with Gasteiger partial charge in [0, 0.05) is 18.2 Å². The summed E-state index contributed by atoms with van der Waals surface area (Å²) in [6, 6.07) is 4.56. The molecule has 0 bridgehead atoms. The summed E-state index contributed by atoms with van der Waals surface area (Å²) >= 11 is 0. The lowest BCUT2D eigenvalue weighted by molar-refractivity contribution is -0.146. The summed E-state index contributed by atoms with van der Waals surface area (Å²) < 4.78 is 10.2. The van der Waals surface area contributed by atoms with E-state index in [1.807, 2.05) is 0 Å². The van der Waals surface area contributed by atoms with Crippen molar-refractivity contribution in [3.05, 3.63) is 23.8 Å². The van der Waals surface area contributed by atoms with Crippen LogP contribution in [0, 0.1) is 0 Å². The van der Waals surface area contributed by atoms with Crippen LogP contribution in [0.3, 0.4) is 0 Å². The van der Waals surface area contributed by atoms with E-state index in [-0.39, 0.29) is 13.1 Å². The number of carbonyl (C=O) groups is 2. The van der Waals surface area contributed by atoms with Crippen LogP contribution in [0.2, 0.25) is 0 Å². The molecule has 8 nitrogen and oxygen atoms in total. The molecule has 21 heavy (non-hydrogen) atoms. The van der Waals surface area contributed by atoms with Crippen molar-refractivity contribution in [2.45, 2.75) is 12.6 Å². The second-order valence-electron chi connectivity index (χ2n) is 4.10. The number of aliphatic carboxylic acids is 1. The predicted octanol–water partition coefficient (Wildman–Crippen LogP) is -0.0515. The highest BCUT2D eigenvalue weighted by molar-refractivity contribution is 5.76.